The molecular weight excluding hydrogens is 325 g/mol. The minimum absolute atomic E-state index is 0. The highest BCUT2D eigenvalue weighted by Crippen LogP contribution is 2.39. The molecule has 0 amide bonds. The summed E-state index contributed by atoms with van der Waals surface area (Å²) in [6.07, 6.45) is 3.72. The van der Waals surface area contributed by atoms with Crippen LogP contribution in [0.5, 0.6) is 0 Å². The topological polar surface area (TPSA) is 58.4 Å². The van der Waals surface area contributed by atoms with E-state index in [0.29, 0.717) is 5.41 Å². The van der Waals surface area contributed by atoms with Gasteiger partial charge in [-0.05, 0) is 55.9 Å². The van der Waals surface area contributed by atoms with Crippen LogP contribution in [0.2, 0.25) is 5.02 Å². The van der Waals surface area contributed by atoms with Crippen LogP contribution >= 0.6 is 24.0 Å². The van der Waals surface area contributed by atoms with Crippen LogP contribution < -0.4 is 5.32 Å². The summed E-state index contributed by atoms with van der Waals surface area (Å²) in [6.45, 7) is 5.18. The van der Waals surface area contributed by atoms with E-state index >= 15 is 0 Å². The Balaban J connectivity index is 0.00000176. The molecule has 0 radical (unpaired) electrons. The van der Waals surface area contributed by atoms with Gasteiger partial charge in [0, 0.05) is 19.2 Å². The number of nitrogens with one attached hydrogen (secondary N) is 1. The van der Waals surface area contributed by atoms with E-state index in [1.807, 2.05) is 6.07 Å². The first-order valence-corrected chi connectivity index (χ1v) is 7.82. The summed E-state index contributed by atoms with van der Waals surface area (Å²) >= 11 is 5.86. The third-order valence-corrected chi connectivity index (χ3v) is 5.11. The SMILES string of the molecule is Cl.O=[N+]([O-])c1cc(CN2CCC3(CCNCC3)C2)ccc1Cl. The van der Waals surface area contributed by atoms with Crippen LogP contribution in [-0.2, 0) is 6.54 Å². The lowest BCUT2D eigenvalue weighted by Gasteiger charge is -2.33. The second-order valence-electron chi connectivity index (χ2n) is 6.25. The Kier molecular flexibility index (Phi) is 5.66. The van der Waals surface area contributed by atoms with Crippen LogP contribution in [0.1, 0.15) is 24.8 Å². The van der Waals surface area contributed by atoms with Gasteiger partial charge in [0.25, 0.3) is 5.69 Å². The molecule has 1 aromatic carbocycles. The van der Waals surface area contributed by atoms with E-state index in [1.165, 1.54) is 19.3 Å². The van der Waals surface area contributed by atoms with E-state index in [1.54, 1.807) is 12.1 Å². The third kappa shape index (κ3) is 3.71. The third-order valence-electron chi connectivity index (χ3n) is 4.80. The average Bonchev–Trinajstić information content (AvgIpc) is 2.84. The Hall–Kier alpha value is -0.880. The fourth-order valence-corrected chi connectivity index (χ4v) is 3.77. The molecule has 2 aliphatic rings. The van der Waals surface area contributed by atoms with Crippen molar-refractivity contribution in [3.8, 4) is 0 Å². The molecule has 5 nitrogen and oxygen atoms in total. The van der Waals surface area contributed by atoms with Crippen molar-refractivity contribution in [2.24, 2.45) is 5.41 Å². The molecule has 0 aromatic heterocycles. The maximum atomic E-state index is 11.0. The van der Waals surface area contributed by atoms with E-state index < -0.39 is 4.92 Å². The van der Waals surface area contributed by atoms with Gasteiger partial charge >= 0.3 is 0 Å². The minimum atomic E-state index is -0.413. The second-order valence-corrected chi connectivity index (χ2v) is 6.66. The molecule has 0 atom stereocenters. The number of nitro groups is 1. The minimum Gasteiger partial charge on any atom is -0.317 e. The molecule has 1 aromatic rings. The van der Waals surface area contributed by atoms with Crippen LogP contribution in [0.25, 0.3) is 0 Å². The summed E-state index contributed by atoms with van der Waals surface area (Å²) < 4.78 is 0. The zero-order valence-electron chi connectivity index (χ0n) is 12.4. The smallest absolute Gasteiger partial charge is 0.288 e. The van der Waals surface area contributed by atoms with Crippen molar-refractivity contribution in [3.63, 3.8) is 0 Å². The van der Waals surface area contributed by atoms with Gasteiger partial charge in [0.05, 0.1) is 4.92 Å². The quantitative estimate of drug-likeness (QED) is 0.674. The van der Waals surface area contributed by atoms with Crippen LogP contribution in [-0.4, -0.2) is 36.0 Å². The number of benzene rings is 1. The normalized spacial score (nSPS) is 20.8. The van der Waals surface area contributed by atoms with Gasteiger partial charge in [-0.25, -0.2) is 0 Å². The monoisotopic (exact) mass is 345 g/mol. The van der Waals surface area contributed by atoms with Gasteiger partial charge in [-0.3, -0.25) is 15.0 Å². The summed E-state index contributed by atoms with van der Waals surface area (Å²) in [5, 5.41) is 14.6. The standard InChI is InChI=1S/C15H20ClN3O2.ClH/c16-13-2-1-12(9-14(13)19(20)21)10-18-8-5-15(11-18)3-6-17-7-4-15;/h1-2,9,17H,3-8,10-11H2;1H. The Morgan fingerprint density at radius 1 is 1.32 bits per heavy atom. The zero-order valence-corrected chi connectivity index (χ0v) is 14.0. The summed E-state index contributed by atoms with van der Waals surface area (Å²) in [7, 11) is 0. The molecule has 0 unspecified atom stereocenters. The van der Waals surface area contributed by atoms with Gasteiger partial charge in [0.1, 0.15) is 5.02 Å². The lowest BCUT2D eigenvalue weighted by atomic mass is 9.78. The van der Waals surface area contributed by atoms with E-state index in [0.717, 1.165) is 38.3 Å². The summed E-state index contributed by atoms with van der Waals surface area (Å²) in [6, 6.07) is 5.13. The molecule has 0 bridgehead atoms. The molecule has 2 heterocycles. The highest BCUT2D eigenvalue weighted by molar-refractivity contribution is 6.32. The van der Waals surface area contributed by atoms with Crippen molar-refractivity contribution in [1.82, 2.24) is 10.2 Å². The van der Waals surface area contributed by atoms with Gasteiger partial charge in [-0.15, -0.1) is 12.4 Å². The van der Waals surface area contributed by atoms with Gasteiger partial charge < -0.3 is 5.32 Å². The number of nitro benzene ring substituents is 1. The number of rotatable bonds is 3. The van der Waals surface area contributed by atoms with Gasteiger partial charge in [0.2, 0.25) is 0 Å². The Morgan fingerprint density at radius 2 is 2.05 bits per heavy atom. The van der Waals surface area contributed by atoms with Crippen molar-refractivity contribution in [2.45, 2.75) is 25.8 Å². The molecular formula is C15H21Cl2N3O2. The number of likely N-dealkylation sites (tertiary alicyclic amines) is 1. The first kappa shape index (κ1) is 17.5. The predicted octanol–water partition coefficient (Wildman–Crippen LogP) is 3.25. The van der Waals surface area contributed by atoms with Crippen LogP contribution in [0, 0.1) is 15.5 Å². The lowest BCUT2D eigenvalue weighted by molar-refractivity contribution is -0.384. The molecule has 1 spiro atoms. The molecule has 2 fully saturated rings. The van der Waals surface area contributed by atoms with Crippen molar-refractivity contribution in [3.05, 3.63) is 38.9 Å². The van der Waals surface area contributed by atoms with E-state index in [-0.39, 0.29) is 23.1 Å². The van der Waals surface area contributed by atoms with Crippen LogP contribution in [0.4, 0.5) is 5.69 Å². The summed E-state index contributed by atoms with van der Waals surface area (Å²) in [5.74, 6) is 0. The van der Waals surface area contributed by atoms with Crippen LogP contribution in [0.3, 0.4) is 0 Å². The number of hydrogen-bond acceptors (Lipinski definition) is 4. The molecule has 0 aliphatic carbocycles. The van der Waals surface area contributed by atoms with Crippen molar-refractivity contribution < 1.29 is 4.92 Å². The van der Waals surface area contributed by atoms with Gasteiger partial charge in [-0.2, -0.15) is 0 Å². The Bertz CT molecular complexity index is 548. The molecule has 22 heavy (non-hydrogen) atoms. The number of piperidine rings is 1. The number of halogens is 2. The highest BCUT2D eigenvalue weighted by atomic mass is 35.5. The number of hydrogen-bond donors (Lipinski definition) is 1. The molecule has 122 valence electrons. The number of nitrogens with zero attached hydrogens (tertiary/aromatic N) is 2. The molecule has 7 heteroatoms. The van der Waals surface area contributed by atoms with E-state index in [9.17, 15) is 10.1 Å². The lowest BCUT2D eigenvalue weighted by Crippen LogP contribution is -2.38. The Labute approximate surface area is 141 Å². The van der Waals surface area contributed by atoms with Crippen LogP contribution in [0.15, 0.2) is 18.2 Å². The summed E-state index contributed by atoms with van der Waals surface area (Å²) in [4.78, 5) is 13.0. The molecule has 3 rings (SSSR count). The van der Waals surface area contributed by atoms with Crippen molar-refractivity contribution in [2.75, 3.05) is 26.2 Å². The average molecular weight is 346 g/mol. The highest BCUT2D eigenvalue weighted by Gasteiger charge is 2.38. The molecule has 2 saturated heterocycles. The maximum absolute atomic E-state index is 11.0. The second kappa shape index (κ2) is 7.13. The van der Waals surface area contributed by atoms with Gasteiger partial charge in [0.15, 0.2) is 0 Å². The predicted molar refractivity (Wildman–Crippen MR) is 89.8 cm³/mol. The first-order valence-electron chi connectivity index (χ1n) is 7.44. The van der Waals surface area contributed by atoms with Crippen molar-refractivity contribution >= 4 is 29.7 Å². The largest absolute Gasteiger partial charge is 0.317 e. The molecule has 0 saturated carbocycles. The van der Waals surface area contributed by atoms with Gasteiger partial charge in [-0.1, -0.05) is 17.7 Å². The van der Waals surface area contributed by atoms with E-state index in [4.69, 9.17) is 11.6 Å². The summed E-state index contributed by atoms with van der Waals surface area (Å²) in [5.41, 5.74) is 1.44. The first-order chi connectivity index (χ1) is 10.1. The van der Waals surface area contributed by atoms with E-state index in [2.05, 4.69) is 10.2 Å². The fourth-order valence-electron chi connectivity index (χ4n) is 3.58. The molecule has 1 N–H and O–H groups in total. The zero-order chi connectivity index (χ0) is 14.9. The fraction of sp³-hybridized carbons (Fsp3) is 0.600. The van der Waals surface area contributed by atoms with Crippen molar-refractivity contribution in [1.29, 1.82) is 0 Å². The molecule has 2 aliphatic heterocycles. The maximum Gasteiger partial charge on any atom is 0.288 e. The Morgan fingerprint density at radius 3 is 2.73 bits per heavy atom.